The lowest BCUT2D eigenvalue weighted by Gasteiger charge is -2.16. The Bertz CT molecular complexity index is 1990. The van der Waals surface area contributed by atoms with Crippen LogP contribution in [-0.2, 0) is 0 Å². The lowest BCUT2D eigenvalue weighted by molar-refractivity contribution is 0.0652. The molecule has 0 unspecified atom stereocenters. The average molecular weight is 637 g/mol. The Morgan fingerprint density at radius 3 is 0.979 bits per heavy atom. The molecule has 6 aromatic rings. The largest absolute Gasteiger partial charge is 0.478 e. The Kier molecular flexibility index (Phi) is 9.87. The Balaban J connectivity index is 0.000000212. The molecule has 8 nitrogen and oxygen atoms in total. The molecule has 0 aliphatic carbocycles. The summed E-state index contributed by atoms with van der Waals surface area (Å²) in [5.74, 6) is -5.78. The van der Waals surface area contributed by atoms with Gasteiger partial charge >= 0.3 is 23.9 Å². The maximum absolute atomic E-state index is 11.9. The smallest absolute Gasteiger partial charge is 0.337 e. The summed E-state index contributed by atoms with van der Waals surface area (Å²) in [7, 11) is 0. The van der Waals surface area contributed by atoms with Crippen LogP contribution in [0.4, 0.5) is 0 Å². The van der Waals surface area contributed by atoms with Crippen LogP contribution in [0.2, 0.25) is 0 Å². The van der Waals surface area contributed by atoms with Gasteiger partial charge in [-0.15, -0.1) is 0 Å². The second-order valence-corrected chi connectivity index (χ2v) is 10.5. The minimum absolute atomic E-state index is 0.0649. The molecule has 0 aliphatic rings. The van der Waals surface area contributed by atoms with Gasteiger partial charge in [0.05, 0.1) is 22.3 Å². The van der Waals surface area contributed by atoms with Crippen LogP contribution >= 0.6 is 0 Å². The molecule has 0 spiro atoms. The van der Waals surface area contributed by atoms with E-state index in [0.29, 0.717) is 0 Å². The fourth-order valence-electron chi connectivity index (χ4n) is 5.46. The van der Waals surface area contributed by atoms with E-state index < -0.39 is 46.1 Å². The molecule has 0 saturated carbocycles. The highest BCUT2D eigenvalue weighted by atomic mass is 16.4. The standard InChI is InChI=1S/C22H14O8.C18H14/c23-19(24)15-9-3-7-13(17(15)21(27)28)11-5-1-2-6-12(11)14-8-4-10-16(20(25)26)18(14)22(29)30;1-3-8-15(9-4-1)17-12-7-13-18(14-17)16-10-5-2-6-11-16/h1-10H,(H,23,24)(H,25,26)(H,27,28)(H,29,30);1-14H. The summed E-state index contributed by atoms with van der Waals surface area (Å²) in [5.41, 5.74) is 3.92. The molecule has 0 aliphatic heterocycles. The quantitative estimate of drug-likeness (QED) is 0.129. The van der Waals surface area contributed by atoms with E-state index in [-0.39, 0.29) is 22.3 Å². The molecule has 0 bridgehead atoms. The van der Waals surface area contributed by atoms with E-state index in [9.17, 15) is 39.6 Å². The van der Waals surface area contributed by atoms with Crippen LogP contribution in [0.25, 0.3) is 44.5 Å². The van der Waals surface area contributed by atoms with Crippen molar-refractivity contribution in [3.8, 4) is 44.5 Å². The maximum Gasteiger partial charge on any atom is 0.337 e. The van der Waals surface area contributed by atoms with Crippen molar-refractivity contribution >= 4 is 23.9 Å². The van der Waals surface area contributed by atoms with E-state index >= 15 is 0 Å². The van der Waals surface area contributed by atoms with Gasteiger partial charge in [0.2, 0.25) is 0 Å². The summed E-state index contributed by atoms with van der Waals surface area (Å²) < 4.78 is 0. The van der Waals surface area contributed by atoms with E-state index in [1.807, 2.05) is 12.1 Å². The molecule has 0 radical (unpaired) electrons. The van der Waals surface area contributed by atoms with E-state index in [1.165, 1.54) is 58.7 Å². The third-order valence-electron chi connectivity index (χ3n) is 7.60. The van der Waals surface area contributed by atoms with Gasteiger partial charge in [0.15, 0.2) is 0 Å². The zero-order valence-electron chi connectivity index (χ0n) is 25.3. The SMILES string of the molecule is O=C(O)c1cccc(-c2ccccc2-c2cccc(C(=O)O)c2C(=O)O)c1C(=O)O.c1ccc(-c2cccc(-c3ccccc3)c2)cc1. The molecule has 4 N–H and O–H groups in total. The van der Waals surface area contributed by atoms with Gasteiger partial charge in [-0.25, -0.2) is 19.2 Å². The molecule has 0 saturated heterocycles. The first-order valence-electron chi connectivity index (χ1n) is 14.7. The number of carbonyl (C=O) groups is 4. The Hall–Kier alpha value is -6.80. The zero-order chi connectivity index (χ0) is 34.2. The van der Waals surface area contributed by atoms with Crippen molar-refractivity contribution in [3.63, 3.8) is 0 Å². The number of carboxylic acids is 4. The number of benzene rings is 6. The normalized spacial score (nSPS) is 10.3. The van der Waals surface area contributed by atoms with Crippen LogP contribution in [0.1, 0.15) is 41.4 Å². The minimum atomic E-state index is -1.46. The zero-order valence-corrected chi connectivity index (χ0v) is 25.3. The summed E-state index contributed by atoms with van der Waals surface area (Å²) in [4.78, 5) is 46.7. The van der Waals surface area contributed by atoms with Crippen molar-refractivity contribution in [2.75, 3.05) is 0 Å². The third kappa shape index (κ3) is 7.03. The molecule has 0 amide bonds. The molecule has 6 rings (SSSR count). The van der Waals surface area contributed by atoms with Gasteiger partial charge in [0.25, 0.3) is 0 Å². The van der Waals surface area contributed by atoms with Gasteiger partial charge in [0.1, 0.15) is 0 Å². The fourth-order valence-corrected chi connectivity index (χ4v) is 5.46. The molecular formula is C40H28O8. The van der Waals surface area contributed by atoms with Gasteiger partial charge in [-0.05, 0) is 62.7 Å². The van der Waals surface area contributed by atoms with Crippen molar-refractivity contribution in [1.82, 2.24) is 0 Å². The van der Waals surface area contributed by atoms with Crippen LogP contribution < -0.4 is 0 Å². The highest BCUT2D eigenvalue weighted by Crippen LogP contribution is 2.37. The van der Waals surface area contributed by atoms with E-state index in [2.05, 4.69) is 72.8 Å². The first-order chi connectivity index (χ1) is 23.2. The number of rotatable bonds is 8. The first kappa shape index (κ1) is 32.6. The monoisotopic (exact) mass is 636 g/mol. The Labute approximate surface area is 275 Å². The average Bonchev–Trinajstić information content (AvgIpc) is 3.12. The predicted molar refractivity (Wildman–Crippen MR) is 182 cm³/mol. The van der Waals surface area contributed by atoms with Crippen LogP contribution in [0.5, 0.6) is 0 Å². The summed E-state index contributed by atoms with van der Waals surface area (Å²) in [5, 5.41) is 38.0. The highest BCUT2D eigenvalue weighted by Gasteiger charge is 2.25. The van der Waals surface area contributed by atoms with Crippen molar-refractivity contribution in [1.29, 1.82) is 0 Å². The summed E-state index contributed by atoms with van der Waals surface area (Å²) in [6.07, 6.45) is 0. The lowest BCUT2D eigenvalue weighted by Crippen LogP contribution is -2.11. The van der Waals surface area contributed by atoms with Crippen molar-refractivity contribution in [3.05, 3.63) is 168 Å². The van der Waals surface area contributed by atoms with Crippen LogP contribution in [0.15, 0.2) is 146 Å². The first-order valence-corrected chi connectivity index (χ1v) is 14.7. The fraction of sp³-hybridized carbons (Fsp3) is 0. The molecule has 0 fully saturated rings. The van der Waals surface area contributed by atoms with Crippen molar-refractivity contribution < 1.29 is 39.6 Å². The molecule has 6 aromatic carbocycles. The van der Waals surface area contributed by atoms with Crippen molar-refractivity contribution in [2.24, 2.45) is 0 Å². The Morgan fingerprint density at radius 2 is 0.625 bits per heavy atom. The maximum atomic E-state index is 11.9. The number of aromatic carboxylic acids is 4. The topological polar surface area (TPSA) is 149 Å². The van der Waals surface area contributed by atoms with Gasteiger partial charge in [0, 0.05) is 0 Å². The molecule has 8 heteroatoms. The van der Waals surface area contributed by atoms with E-state index in [1.54, 1.807) is 12.1 Å². The van der Waals surface area contributed by atoms with Gasteiger partial charge < -0.3 is 20.4 Å². The summed E-state index contributed by atoms with van der Waals surface area (Å²) in [6.45, 7) is 0. The molecule has 0 aromatic heterocycles. The van der Waals surface area contributed by atoms with E-state index in [0.717, 1.165) is 12.1 Å². The van der Waals surface area contributed by atoms with Crippen LogP contribution in [-0.4, -0.2) is 44.3 Å². The molecule has 48 heavy (non-hydrogen) atoms. The molecular weight excluding hydrogens is 608 g/mol. The summed E-state index contributed by atoms with van der Waals surface area (Å²) in [6, 6.07) is 43.7. The highest BCUT2D eigenvalue weighted by molar-refractivity contribution is 6.10. The predicted octanol–water partition coefficient (Wildman–Crippen LogP) is 8.83. The number of hydrogen-bond donors (Lipinski definition) is 4. The number of hydrogen-bond acceptors (Lipinski definition) is 4. The molecule has 0 heterocycles. The number of carboxylic acid groups (broad SMARTS) is 4. The van der Waals surface area contributed by atoms with Crippen LogP contribution in [0.3, 0.4) is 0 Å². The van der Waals surface area contributed by atoms with E-state index in [4.69, 9.17) is 0 Å². The third-order valence-corrected chi connectivity index (χ3v) is 7.60. The van der Waals surface area contributed by atoms with Crippen molar-refractivity contribution in [2.45, 2.75) is 0 Å². The molecule has 0 atom stereocenters. The second-order valence-electron chi connectivity index (χ2n) is 10.5. The lowest BCUT2D eigenvalue weighted by atomic mass is 9.87. The van der Waals surface area contributed by atoms with Crippen LogP contribution in [0, 0.1) is 0 Å². The van der Waals surface area contributed by atoms with Gasteiger partial charge in [-0.3, -0.25) is 0 Å². The summed E-state index contributed by atoms with van der Waals surface area (Å²) >= 11 is 0. The van der Waals surface area contributed by atoms with Gasteiger partial charge in [-0.1, -0.05) is 127 Å². The minimum Gasteiger partial charge on any atom is -0.478 e. The molecule has 236 valence electrons. The van der Waals surface area contributed by atoms with Gasteiger partial charge in [-0.2, -0.15) is 0 Å². The second kappa shape index (κ2) is 14.5. The Morgan fingerprint density at radius 1 is 0.312 bits per heavy atom.